The van der Waals surface area contributed by atoms with Crippen LogP contribution in [0.3, 0.4) is 0 Å². The molecule has 0 saturated heterocycles. The molecular weight excluding hydrogens is 176 g/mol. The number of aromatic nitrogens is 2. The van der Waals surface area contributed by atoms with Gasteiger partial charge in [-0.1, -0.05) is 6.92 Å². The Kier molecular flexibility index (Phi) is 3.94. The minimum Gasteiger partial charge on any atom is -0.489 e. The molecule has 0 atom stereocenters. The Morgan fingerprint density at radius 1 is 1.67 bits per heavy atom. The molecule has 1 aromatic rings. The molecule has 0 aliphatic carbocycles. The Labute approximate surface area is 77.3 Å². The molecule has 0 saturated carbocycles. The van der Waals surface area contributed by atoms with Gasteiger partial charge in [0.2, 0.25) is 0 Å². The first-order valence-electron chi connectivity index (χ1n) is 4.08. The summed E-state index contributed by atoms with van der Waals surface area (Å²) in [4.78, 5) is 0. The maximum absolute atomic E-state index is 5.47. The molecule has 0 unspecified atom stereocenters. The van der Waals surface area contributed by atoms with Crippen LogP contribution in [0.2, 0.25) is 0 Å². The Morgan fingerprint density at radius 3 is 3.17 bits per heavy atom. The van der Waals surface area contributed by atoms with Crippen LogP contribution in [-0.4, -0.2) is 22.3 Å². The molecule has 0 amide bonds. The second kappa shape index (κ2) is 5.04. The van der Waals surface area contributed by atoms with Gasteiger partial charge in [-0.15, -0.1) is 11.6 Å². The minimum atomic E-state index is 0.513. The predicted molar refractivity (Wildman–Crippen MR) is 48.7 cm³/mol. The molecule has 1 rings (SSSR count). The Bertz CT molecular complexity index is 225. The van der Waals surface area contributed by atoms with Gasteiger partial charge in [0, 0.05) is 6.54 Å². The maximum atomic E-state index is 5.47. The molecule has 68 valence electrons. The summed E-state index contributed by atoms with van der Waals surface area (Å²) in [6.07, 6.45) is 4.68. The average molecular weight is 189 g/mol. The molecule has 0 radical (unpaired) electrons. The number of hydrogen-bond acceptors (Lipinski definition) is 2. The van der Waals surface area contributed by atoms with Gasteiger partial charge >= 0.3 is 0 Å². The van der Waals surface area contributed by atoms with E-state index in [2.05, 4.69) is 12.0 Å². The van der Waals surface area contributed by atoms with Crippen LogP contribution in [0.15, 0.2) is 12.4 Å². The van der Waals surface area contributed by atoms with E-state index in [9.17, 15) is 0 Å². The van der Waals surface area contributed by atoms with E-state index in [0.29, 0.717) is 12.5 Å². The molecule has 12 heavy (non-hydrogen) atoms. The first-order valence-corrected chi connectivity index (χ1v) is 4.61. The van der Waals surface area contributed by atoms with Crippen LogP contribution in [0, 0.1) is 0 Å². The normalized spacial score (nSPS) is 10.2. The van der Waals surface area contributed by atoms with Crippen molar-refractivity contribution in [3.05, 3.63) is 12.4 Å². The second-order valence-corrected chi connectivity index (χ2v) is 2.85. The number of hydrogen-bond donors (Lipinski definition) is 0. The van der Waals surface area contributed by atoms with E-state index in [1.807, 2.05) is 10.9 Å². The molecule has 0 N–H and O–H groups in total. The van der Waals surface area contributed by atoms with Gasteiger partial charge in [0.25, 0.3) is 0 Å². The van der Waals surface area contributed by atoms with Gasteiger partial charge in [-0.3, -0.25) is 4.68 Å². The van der Waals surface area contributed by atoms with Crippen molar-refractivity contribution >= 4 is 11.6 Å². The van der Waals surface area contributed by atoms with Gasteiger partial charge in [-0.05, 0) is 6.42 Å². The molecule has 0 fully saturated rings. The highest BCUT2D eigenvalue weighted by molar-refractivity contribution is 6.17. The Hall–Kier alpha value is -0.700. The van der Waals surface area contributed by atoms with E-state index >= 15 is 0 Å². The van der Waals surface area contributed by atoms with Crippen LogP contribution in [0.25, 0.3) is 0 Å². The smallest absolute Gasteiger partial charge is 0.157 e. The number of rotatable bonds is 5. The van der Waals surface area contributed by atoms with Gasteiger partial charge in [-0.25, -0.2) is 0 Å². The van der Waals surface area contributed by atoms with Crippen LogP contribution in [0.5, 0.6) is 5.75 Å². The van der Waals surface area contributed by atoms with E-state index in [-0.39, 0.29) is 0 Å². The number of aryl methyl sites for hydroxylation is 1. The van der Waals surface area contributed by atoms with Gasteiger partial charge < -0.3 is 4.74 Å². The van der Waals surface area contributed by atoms with E-state index in [1.54, 1.807) is 6.20 Å². The molecule has 3 nitrogen and oxygen atoms in total. The zero-order valence-electron chi connectivity index (χ0n) is 7.16. The quantitative estimate of drug-likeness (QED) is 0.661. The van der Waals surface area contributed by atoms with Crippen molar-refractivity contribution in [2.75, 3.05) is 12.5 Å². The summed E-state index contributed by atoms with van der Waals surface area (Å²) in [7, 11) is 0. The lowest BCUT2D eigenvalue weighted by Gasteiger charge is -1.98. The van der Waals surface area contributed by atoms with Crippen molar-refractivity contribution in [3.63, 3.8) is 0 Å². The lowest BCUT2D eigenvalue weighted by atomic mass is 10.5. The van der Waals surface area contributed by atoms with E-state index < -0.39 is 0 Å². The first kappa shape index (κ1) is 9.39. The van der Waals surface area contributed by atoms with Crippen molar-refractivity contribution in [3.8, 4) is 5.75 Å². The topological polar surface area (TPSA) is 27.1 Å². The summed E-state index contributed by atoms with van der Waals surface area (Å²) in [6, 6.07) is 0. The summed E-state index contributed by atoms with van der Waals surface area (Å²) in [5.41, 5.74) is 0. The minimum absolute atomic E-state index is 0.513. The standard InChI is InChI=1S/C8H13ClN2O/c1-2-4-11-7-8(6-10-11)12-5-3-9/h6-7H,2-5H2,1H3. The summed E-state index contributed by atoms with van der Waals surface area (Å²) in [6.45, 7) is 3.59. The van der Waals surface area contributed by atoms with E-state index in [0.717, 1.165) is 18.7 Å². The molecular formula is C8H13ClN2O. The third kappa shape index (κ3) is 2.74. The lowest BCUT2D eigenvalue weighted by Crippen LogP contribution is -1.97. The highest BCUT2D eigenvalue weighted by atomic mass is 35.5. The van der Waals surface area contributed by atoms with E-state index in [1.165, 1.54) is 0 Å². The monoisotopic (exact) mass is 188 g/mol. The Balaban J connectivity index is 2.41. The SMILES string of the molecule is CCCn1cc(OCCCl)cn1. The molecule has 4 heteroatoms. The second-order valence-electron chi connectivity index (χ2n) is 2.48. The van der Waals surface area contributed by atoms with Gasteiger partial charge in [-0.2, -0.15) is 5.10 Å². The fourth-order valence-electron chi connectivity index (χ4n) is 0.927. The molecule has 1 heterocycles. The molecule has 0 bridgehead atoms. The summed E-state index contributed by atoms with van der Waals surface area (Å²) < 4.78 is 7.13. The molecule has 0 aliphatic heterocycles. The molecule has 0 spiro atoms. The number of alkyl halides is 1. The number of ether oxygens (including phenoxy) is 1. The molecule has 0 aliphatic rings. The van der Waals surface area contributed by atoms with Gasteiger partial charge in [0.15, 0.2) is 5.75 Å². The Morgan fingerprint density at radius 2 is 2.50 bits per heavy atom. The maximum Gasteiger partial charge on any atom is 0.157 e. The predicted octanol–water partition coefficient (Wildman–Crippen LogP) is 1.91. The molecule has 0 aromatic carbocycles. The lowest BCUT2D eigenvalue weighted by molar-refractivity contribution is 0.342. The highest BCUT2D eigenvalue weighted by Gasteiger charge is 1.96. The summed E-state index contributed by atoms with van der Waals surface area (Å²) in [5, 5.41) is 4.11. The third-order valence-corrected chi connectivity index (χ3v) is 1.56. The van der Waals surface area contributed by atoms with Crippen LogP contribution in [0.4, 0.5) is 0 Å². The number of nitrogens with zero attached hydrogens (tertiary/aromatic N) is 2. The largest absolute Gasteiger partial charge is 0.489 e. The number of halogens is 1. The van der Waals surface area contributed by atoms with Crippen molar-refractivity contribution in [1.82, 2.24) is 9.78 Å². The van der Waals surface area contributed by atoms with Gasteiger partial charge in [0.05, 0.1) is 18.3 Å². The zero-order chi connectivity index (χ0) is 8.81. The van der Waals surface area contributed by atoms with Crippen LogP contribution < -0.4 is 4.74 Å². The molecule has 1 aromatic heterocycles. The third-order valence-electron chi connectivity index (χ3n) is 1.41. The van der Waals surface area contributed by atoms with Gasteiger partial charge in [0.1, 0.15) is 6.61 Å². The summed E-state index contributed by atoms with van der Waals surface area (Å²) in [5.74, 6) is 1.31. The van der Waals surface area contributed by atoms with Crippen molar-refractivity contribution in [2.24, 2.45) is 0 Å². The van der Waals surface area contributed by atoms with Crippen molar-refractivity contribution in [1.29, 1.82) is 0 Å². The van der Waals surface area contributed by atoms with E-state index in [4.69, 9.17) is 16.3 Å². The van der Waals surface area contributed by atoms with Crippen LogP contribution in [-0.2, 0) is 6.54 Å². The zero-order valence-corrected chi connectivity index (χ0v) is 7.92. The van der Waals surface area contributed by atoms with Crippen LogP contribution >= 0.6 is 11.6 Å². The van der Waals surface area contributed by atoms with Crippen molar-refractivity contribution < 1.29 is 4.74 Å². The summed E-state index contributed by atoms with van der Waals surface area (Å²) >= 11 is 5.47. The first-order chi connectivity index (χ1) is 5.86. The fourth-order valence-corrected chi connectivity index (χ4v) is 1.00. The average Bonchev–Trinajstić information content (AvgIpc) is 2.50. The van der Waals surface area contributed by atoms with Crippen LogP contribution in [0.1, 0.15) is 13.3 Å². The fraction of sp³-hybridized carbons (Fsp3) is 0.625. The van der Waals surface area contributed by atoms with Crippen molar-refractivity contribution in [2.45, 2.75) is 19.9 Å². The highest BCUT2D eigenvalue weighted by Crippen LogP contribution is 2.08.